The summed E-state index contributed by atoms with van der Waals surface area (Å²) in [7, 11) is 0. The van der Waals surface area contributed by atoms with Crippen molar-refractivity contribution in [2.45, 2.75) is 39.7 Å². The van der Waals surface area contributed by atoms with Crippen molar-refractivity contribution in [2.24, 2.45) is 0 Å². The van der Waals surface area contributed by atoms with Crippen LogP contribution in [0.3, 0.4) is 0 Å². The molecule has 4 nitrogen and oxygen atoms in total. The summed E-state index contributed by atoms with van der Waals surface area (Å²) in [5.41, 5.74) is 3.16. The zero-order chi connectivity index (χ0) is 14.9. The number of hydrogen-bond acceptors (Lipinski definition) is 2. The van der Waals surface area contributed by atoms with Crippen molar-refractivity contribution in [1.82, 2.24) is 4.57 Å². The minimum Gasteiger partial charge on any atom is -0.478 e. The average Bonchev–Trinajstić information content (AvgIpc) is 2.70. The maximum Gasteiger partial charge on any atom is 0.337 e. The van der Waals surface area contributed by atoms with Crippen molar-refractivity contribution < 1.29 is 15.0 Å². The summed E-state index contributed by atoms with van der Waals surface area (Å²) in [6.45, 7) is 6.82. The van der Waals surface area contributed by atoms with Crippen LogP contribution in [-0.2, 0) is 6.54 Å². The van der Waals surface area contributed by atoms with Gasteiger partial charge in [0, 0.05) is 24.2 Å². The van der Waals surface area contributed by atoms with Gasteiger partial charge in [-0.05, 0) is 43.0 Å². The van der Waals surface area contributed by atoms with Gasteiger partial charge in [0.15, 0.2) is 0 Å². The van der Waals surface area contributed by atoms with E-state index < -0.39 is 5.97 Å². The summed E-state index contributed by atoms with van der Waals surface area (Å²) < 4.78 is 1.99. The highest BCUT2D eigenvalue weighted by molar-refractivity contribution is 6.03. The van der Waals surface area contributed by atoms with Crippen LogP contribution in [0.1, 0.15) is 47.8 Å². The average molecular weight is 275 g/mol. The Morgan fingerprint density at radius 1 is 1.30 bits per heavy atom. The summed E-state index contributed by atoms with van der Waals surface area (Å²) in [6, 6.07) is 5.85. The zero-order valence-electron chi connectivity index (χ0n) is 12.2. The van der Waals surface area contributed by atoms with Gasteiger partial charge < -0.3 is 14.8 Å². The van der Waals surface area contributed by atoms with Crippen LogP contribution in [0.25, 0.3) is 10.9 Å². The number of carboxylic acids is 1. The Bertz CT molecular complexity index is 641. The third-order valence-electron chi connectivity index (χ3n) is 3.66. The first-order valence-electron chi connectivity index (χ1n) is 6.93. The molecule has 0 aliphatic carbocycles. The molecule has 0 fully saturated rings. The Hall–Kier alpha value is -1.81. The molecule has 0 radical (unpaired) electrons. The molecular formula is C16H21NO3. The molecule has 2 N–H and O–H groups in total. The molecule has 2 rings (SSSR count). The molecule has 1 aromatic carbocycles. The predicted molar refractivity (Wildman–Crippen MR) is 79.4 cm³/mol. The van der Waals surface area contributed by atoms with Crippen LogP contribution in [0.15, 0.2) is 18.2 Å². The number of aliphatic hydroxyl groups excluding tert-OH is 1. The molecule has 1 heterocycles. The number of aliphatic hydroxyl groups is 1. The minimum absolute atomic E-state index is 0.103. The van der Waals surface area contributed by atoms with Crippen LogP contribution < -0.4 is 0 Å². The number of hydrogen-bond donors (Lipinski definition) is 2. The van der Waals surface area contributed by atoms with Crippen LogP contribution in [0, 0.1) is 6.92 Å². The van der Waals surface area contributed by atoms with E-state index in [-0.39, 0.29) is 6.61 Å². The van der Waals surface area contributed by atoms with E-state index in [1.807, 2.05) is 17.6 Å². The first-order chi connectivity index (χ1) is 9.45. The quantitative estimate of drug-likeness (QED) is 0.881. The Morgan fingerprint density at radius 3 is 2.55 bits per heavy atom. The van der Waals surface area contributed by atoms with Gasteiger partial charge in [-0.1, -0.05) is 13.8 Å². The fourth-order valence-electron chi connectivity index (χ4n) is 2.58. The van der Waals surface area contributed by atoms with Crippen LogP contribution >= 0.6 is 0 Å². The van der Waals surface area contributed by atoms with Gasteiger partial charge in [-0.25, -0.2) is 4.79 Å². The van der Waals surface area contributed by atoms with E-state index >= 15 is 0 Å². The lowest BCUT2D eigenvalue weighted by molar-refractivity contribution is 0.0698. The number of fused-ring (bicyclic) bond motifs is 1. The van der Waals surface area contributed by atoms with Crippen molar-refractivity contribution in [3.63, 3.8) is 0 Å². The van der Waals surface area contributed by atoms with E-state index in [1.165, 1.54) is 0 Å². The number of aromatic nitrogens is 1. The topological polar surface area (TPSA) is 62.5 Å². The number of nitrogens with zero attached hydrogens (tertiary/aromatic N) is 1. The van der Waals surface area contributed by atoms with Crippen molar-refractivity contribution in [3.05, 3.63) is 35.0 Å². The number of aryl methyl sites for hydroxylation is 2. The van der Waals surface area contributed by atoms with E-state index in [1.54, 1.807) is 6.07 Å². The number of rotatable bonds is 5. The van der Waals surface area contributed by atoms with E-state index in [0.717, 1.165) is 22.2 Å². The number of benzene rings is 1. The maximum absolute atomic E-state index is 11.6. The maximum atomic E-state index is 11.6. The third-order valence-corrected chi connectivity index (χ3v) is 3.66. The van der Waals surface area contributed by atoms with Gasteiger partial charge in [-0.2, -0.15) is 0 Å². The molecule has 0 saturated carbocycles. The first-order valence-corrected chi connectivity index (χ1v) is 6.93. The smallest absolute Gasteiger partial charge is 0.337 e. The number of carbonyl (C=O) groups is 1. The summed E-state index contributed by atoms with van der Waals surface area (Å²) >= 11 is 0. The molecule has 0 atom stereocenters. The van der Waals surface area contributed by atoms with Crippen molar-refractivity contribution in [2.75, 3.05) is 6.61 Å². The molecule has 0 aliphatic rings. The second-order valence-corrected chi connectivity index (χ2v) is 5.48. The van der Waals surface area contributed by atoms with Gasteiger partial charge in [-0.3, -0.25) is 0 Å². The van der Waals surface area contributed by atoms with Crippen molar-refractivity contribution >= 4 is 16.9 Å². The fourth-order valence-corrected chi connectivity index (χ4v) is 2.58. The van der Waals surface area contributed by atoms with Crippen LogP contribution in [0.4, 0.5) is 0 Å². The Labute approximate surface area is 118 Å². The van der Waals surface area contributed by atoms with Crippen LogP contribution in [-0.4, -0.2) is 27.4 Å². The van der Waals surface area contributed by atoms with Gasteiger partial charge in [-0.15, -0.1) is 0 Å². The van der Waals surface area contributed by atoms with E-state index in [0.29, 0.717) is 24.4 Å². The molecule has 0 saturated heterocycles. The standard InChI is InChI=1S/C16H21NO3/c1-10(2)12-8-13-7-11(3)17(5-4-6-18)15(13)14(9-12)16(19)20/h7-10,18H,4-6H2,1-3H3,(H,19,20). The van der Waals surface area contributed by atoms with E-state index in [4.69, 9.17) is 5.11 Å². The lowest BCUT2D eigenvalue weighted by Gasteiger charge is -2.12. The SMILES string of the molecule is Cc1cc2cc(C(C)C)cc(C(=O)O)c2n1CCCO. The molecule has 108 valence electrons. The zero-order valence-corrected chi connectivity index (χ0v) is 12.2. The number of aromatic carboxylic acids is 1. The molecule has 20 heavy (non-hydrogen) atoms. The van der Waals surface area contributed by atoms with E-state index in [2.05, 4.69) is 19.9 Å². The van der Waals surface area contributed by atoms with Gasteiger partial charge in [0.1, 0.15) is 0 Å². The van der Waals surface area contributed by atoms with Crippen LogP contribution in [0.2, 0.25) is 0 Å². The largest absolute Gasteiger partial charge is 0.478 e. The summed E-state index contributed by atoms with van der Waals surface area (Å²) in [4.78, 5) is 11.6. The molecular weight excluding hydrogens is 254 g/mol. The molecule has 0 spiro atoms. The molecule has 0 amide bonds. The van der Waals surface area contributed by atoms with Crippen LogP contribution in [0.5, 0.6) is 0 Å². The fraction of sp³-hybridized carbons (Fsp3) is 0.438. The predicted octanol–water partition coefficient (Wildman–Crippen LogP) is 3.15. The highest BCUT2D eigenvalue weighted by Crippen LogP contribution is 2.28. The van der Waals surface area contributed by atoms with Crippen molar-refractivity contribution in [3.8, 4) is 0 Å². The molecule has 0 aliphatic heterocycles. The lowest BCUT2D eigenvalue weighted by atomic mass is 9.98. The van der Waals surface area contributed by atoms with Gasteiger partial charge >= 0.3 is 5.97 Å². The molecule has 1 aromatic heterocycles. The monoisotopic (exact) mass is 275 g/mol. The molecule has 4 heteroatoms. The molecule has 0 bridgehead atoms. The summed E-state index contributed by atoms with van der Waals surface area (Å²) in [5, 5.41) is 19.4. The Balaban J connectivity index is 2.70. The molecule has 2 aromatic rings. The second kappa shape index (κ2) is 5.67. The highest BCUT2D eigenvalue weighted by Gasteiger charge is 2.17. The van der Waals surface area contributed by atoms with Gasteiger partial charge in [0.05, 0.1) is 11.1 Å². The minimum atomic E-state index is -0.902. The van der Waals surface area contributed by atoms with E-state index in [9.17, 15) is 9.90 Å². The number of carboxylic acid groups (broad SMARTS) is 1. The second-order valence-electron chi connectivity index (χ2n) is 5.48. The van der Waals surface area contributed by atoms with Crippen molar-refractivity contribution in [1.29, 1.82) is 0 Å². The normalized spacial score (nSPS) is 11.4. The summed E-state index contributed by atoms with van der Waals surface area (Å²) in [5.74, 6) is -0.612. The van der Waals surface area contributed by atoms with Gasteiger partial charge in [0.2, 0.25) is 0 Å². The third kappa shape index (κ3) is 2.56. The lowest BCUT2D eigenvalue weighted by Crippen LogP contribution is -2.07. The molecule has 0 unspecified atom stereocenters. The Morgan fingerprint density at radius 2 is 2.00 bits per heavy atom. The highest BCUT2D eigenvalue weighted by atomic mass is 16.4. The first kappa shape index (κ1) is 14.6. The Kier molecular flexibility index (Phi) is 4.14. The summed E-state index contributed by atoms with van der Waals surface area (Å²) in [6.07, 6.45) is 0.621. The van der Waals surface area contributed by atoms with Gasteiger partial charge in [0.25, 0.3) is 0 Å².